The van der Waals surface area contributed by atoms with Crippen molar-refractivity contribution in [3.05, 3.63) is 0 Å². The fourth-order valence-corrected chi connectivity index (χ4v) is 3.56. The lowest BCUT2D eigenvalue weighted by atomic mass is 10.1. The first-order valence-electron chi connectivity index (χ1n) is 8.62. The highest BCUT2D eigenvalue weighted by molar-refractivity contribution is 4.82. The van der Waals surface area contributed by atoms with E-state index in [4.69, 9.17) is 0 Å². The number of hydrogen-bond acceptors (Lipinski definition) is 3. The van der Waals surface area contributed by atoms with Gasteiger partial charge in [0.25, 0.3) is 0 Å². The number of rotatable bonds is 6. The summed E-state index contributed by atoms with van der Waals surface area (Å²) in [5, 5.41) is 3.66. The van der Waals surface area contributed by atoms with E-state index in [1.165, 1.54) is 64.8 Å². The monoisotopic (exact) mass is 281 g/mol. The lowest BCUT2D eigenvalue weighted by Gasteiger charge is -2.27. The molecule has 0 aromatic carbocycles. The maximum absolute atomic E-state index is 3.66. The molecule has 2 aliphatic rings. The van der Waals surface area contributed by atoms with Crippen LogP contribution in [0.1, 0.15) is 52.9 Å². The Morgan fingerprint density at radius 1 is 1.15 bits per heavy atom. The van der Waals surface area contributed by atoms with Gasteiger partial charge in [-0.05, 0) is 66.1 Å². The Morgan fingerprint density at radius 2 is 1.85 bits per heavy atom. The summed E-state index contributed by atoms with van der Waals surface area (Å²) >= 11 is 0. The first kappa shape index (κ1) is 16.3. The van der Waals surface area contributed by atoms with Gasteiger partial charge in [-0.2, -0.15) is 0 Å². The van der Waals surface area contributed by atoms with Gasteiger partial charge in [0.1, 0.15) is 0 Å². The molecule has 20 heavy (non-hydrogen) atoms. The summed E-state index contributed by atoms with van der Waals surface area (Å²) in [6.07, 6.45) is 7.11. The molecule has 0 aromatic rings. The number of likely N-dealkylation sites (N-methyl/N-ethyl adjacent to an activating group) is 1. The lowest BCUT2D eigenvalue weighted by molar-refractivity contribution is 0.203. The van der Waals surface area contributed by atoms with Crippen molar-refractivity contribution in [2.75, 3.05) is 39.8 Å². The van der Waals surface area contributed by atoms with E-state index in [2.05, 4.69) is 42.9 Å². The molecular weight excluding hydrogens is 246 g/mol. The zero-order valence-corrected chi connectivity index (χ0v) is 14.1. The summed E-state index contributed by atoms with van der Waals surface area (Å²) < 4.78 is 0. The molecule has 1 unspecified atom stereocenters. The van der Waals surface area contributed by atoms with Crippen LogP contribution >= 0.6 is 0 Å². The lowest BCUT2D eigenvalue weighted by Crippen LogP contribution is -2.40. The highest BCUT2D eigenvalue weighted by atomic mass is 15.2. The van der Waals surface area contributed by atoms with Crippen LogP contribution in [0.15, 0.2) is 0 Å². The van der Waals surface area contributed by atoms with E-state index >= 15 is 0 Å². The Morgan fingerprint density at radius 3 is 2.50 bits per heavy atom. The highest BCUT2D eigenvalue weighted by Crippen LogP contribution is 2.22. The van der Waals surface area contributed by atoms with Crippen molar-refractivity contribution >= 4 is 0 Å². The Bertz CT molecular complexity index is 278. The fraction of sp³-hybridized carbons (Fsp3) is 1.00. The average Bonchev–Trinajstić information content (AvgIpc) is 3.04. The minimum absolute atomic E-state index is 0.260. The third-order valence-electron chi connectivity index (χ3n) is 5.01. The Hall–Kier alpha value is -0.120. The summed E-state index contributed by atoms with van der Waals surface area (Å²) in [6, 6.07) is 0.871. The largest absolute Gasteiger partial charge is 0.312 e. The smallest absolute Gasteiger partial charge is 0.0109 e. The van der Waals surface area contributed by atoms with E-state index in [-0.39, 0.29) is 5.54 Å². The molecule has 0 radical (unpaired) electrons. The molecule has 1 N–H and O–H groups in total. The van der Waals surface area contributed by atoms with Gasteiger partial charge in [-0.3, -0.25) is 0 Å². The second-order valence-corrected chi connectivity index (χ2v) is 8.01. The van der Waals surface area contributed by atoms with Gasteiger partial charge in [0, 0.05) is 31.2 Å². The van der Waals surface area contributed by atoms with Crippen molar-refractivity contribution in [1.82, 2.24) is 15.1 Å². The van der Waals surface area contributed by atoms with Crippen molar-refractivity contribution in [2.45, 2.75) is 64.5 Å². The molecule has 3 heteroatoms. The van der Waals surface area contributed by atoms with Crippen LogP contribution in [-0.2, 0) is 0 Å². The topological polar surface area (TPSA) is 18.5 Å². The zero-order chi connectivity index (χ0) is 14.6. The van der Waals surface area contributed by atoms with Gasteiger partial charge in [-0.1, -0.05) is 12.8 Å². The molecule has 0 amide bonds. The summed E-state index contributed by atoms with van der Waals surface area (Å²) in [4.78, 5) is 5.27. The van der Waals surface area contributed by atoms with Gasteiger partial charge in [0.15, 0.2) is 0 Å². The molecular formula is C17H35N3. The summed E-state index contributed by atoms with van der Waals surface area (Å²) in [5.74, 6) is 0.853. The van der Waals surface area contributed by atoms with Gasteiger partial charge in [-0.15, -0.1) is 0 Å². The van der Waals surface area contributed by atoms with Crippen molar-refractivity contribution in [2.24, 2.45) is 5.92 Å². The van der Waals surface area contributed by atoms with E-state index in [9.17, 15) is 0 Å². The quantitative estimate of drug-likeness (QED) is 0.807. The SMILES string of the molecule is CN(CCN1CCC(CNC(C)(C)C)C1)C1CCCC1. The summed E-state index contributed by atoms with van der Waals surface area (Å²) in [6.45, 7) is 13.1. The normalized spacial score (nSPS) is 25.9. The molecule has 1 aliphatic carbocycles. The van der Waals surface area contributed by atoms with Crippen LogP contribution in [0.3, 0.4) is 0 Å². The molecule has 1 saturated heterocycles. The van der Waals surface area contributed by atoms with Crippen LogP contribution in [0.4, 0.5) is 0 Å². The second-order valence-electron chi connectivity index (χ2n) is 8.01. The number of nitrogens with zero attached hydrogens (tertiary/aromatic N) is 2. The van der Waals surface area contributed by atoms with Gasteiger partial charge in [0.2, 0.25) is 0 Å². The van der Waals surface area contributed by atoms with Crippen LogP contribution in [0, 0.1) is 5.92 Å². The van der Waals surface area contributed by atoms with Crippen molar-refractivity contribution < 1.29 is 0 Å². The molecule has 2 fully saturated rings. The molecule has 0 spiro atoms. The second kappa shape index (κ2) is 7.24. The Kier molecular flexibility index (Phi) is 5.88. The standard InChI is InChI=1S/C17H35N3/c1-17(2,3)18-13-15-9-10-20(14-15)12-11-19(4)16-7-5-6-8-16/h15-16,18H,5-14H2,1-4H3. The third-order valence-corrected chi connectivity index (χ3v) is 5.01. The molecule has 3 nitrogen and oxygen atoms in total. The minimum atomic E-state index is 0.260. The van der Waals surface area contributed by atoms with E-state index < -0.39 is 0 Å². The number of nitrogens with one attached hydrogen (secondary N) is 1. The van der Waals surface area contributed by atoms with Crippen LogP contribution in [0.2, 0.25) is 0 Å². The molecule has 118 valence electrons. The van der Waals surface area contributed by atoms with E-state index in [0.717, 1.165) is 12.0 Å². The van der Waals surface area contributed by atoms with Crippen LogP contribution in [0.5, 0.6) is 0 Å². The fourth-order valence-electron chi connectivity index (χ4n) is 3.56. The zero-order valence-electron chi connectivity index (χ0n) is 14.1. The van der Waals surface area contributed by atoms with Gasteiger partial charge < -0.3 is 15.1 Å². The molecule has 2 rings (SSSR count). The van der Waals surface area contributed by atoms with Crippen LogP contribution in [0.25, 0.3) is 0 Å². The number of hydrogen-bond donors (Lipinski definition) is 1. The number of likely N-dealkylation sites (tertiary alicyclic amines) is 1. The average molecular weight is 281 g/mol. The molecule has 1 aliphatic heterocycles. The minimum Gasteiger partial charge on any atom is -0.312 e. The molecule has 0 bridgehead atoms. The van der Waals surface area contributed by atoms with Crippen molar-refractivity contribution in [1.29, 1.82) is 0 Å². The summed E-state index contributed by atoms with van der Waals surface area (Å²) in [7, 11) is 2.32. The van der Waals surface area contributed by atoms with Gasteiger partial charge in [0.05, 0.1) is 0 Å². The predicted octanol–water partition coefficient (Wildman–Crippen LogP) is 2.57. The molecule has 0 aromatic heterocycles. The Balaban J connectivity index is 1.61. The van der Waals surface area contributed by atoms with Crippen LogP contribution < -0.4 is 5.32 Å². The first-order valence-corrected chi connectivity index (χ1v) is 8.62. The highest BCUT2D eigenvalue weighted by Gasteiger charge is 2.25. The maximum atomic E-state index is 3.66. The first-order chi connectivity index (χ1) is 9.44. The van der Waals surface area contributed by atoms with Crippen molar-refractivity contribution in [3.63, 3.8) is 0 Å². The van der Waals surface area contributed by atoms with E-state index in [1.807, 2.05) is 0 Å². The molecule has 1 saturated carbocycles. The summed E-state index contributed by atoms with van der Waals surface area (Å²) in [5.41, 5.74) is 0.260. The van der Waals surface area contributed by atoms with Crippen molar-refractivity contribution in [3.8, 4) is 0 Å². The predicted molar refractivity (Wildman–Crippen MR) is 87.2 cm³/mol. The maximum Gasteiger partial charge on any atom is 0.0109 e. The Labute approximate surface area is 126 Å². The van der Waals surface area contributed by atoms with Crippen LogP contribution in [-0.4, -0.2) is 61.2 Å². The third kappa shape index (κ3) is 5.34. The van der Waals surface area contributed by atoms with Gasteiger partial charge in [-0.25, -0.2) is 0 Å². The van der Waals surface area contributed by atoms with Gasteiger partial charge >= 0.3 is 0 Å². The van der Waals surface area contributed by atoms with E-state index in [0.29, 0.717) is 0 Å². The van der Waals surface area contributed by atoms with E-state index in [1.54, 1.807) is 0 Å². The molecule has 1 heterocycles. The molecule has 1 atom stereocenters.